The average Bonchev–Trinajstić information content (AvgIpc) is 2.81. The van der Waals surface area contributed by atoms with Gasteiger partial charge in [-0.05, 0) is 16.7 Å². The van der Waals surface area contributed by atoms with Gasteiger partial charge in [-0.1, -0.05) is 105 Å². The Hall–Kier alpha value is -2.34. The predicted molar refractivity (Wildman–Crippen MR) is 132 cm³/mol. The molecule has 0 saturated carbocycles. The van der Waals surface area contributed by atoms with Crippen molar-refractivity contribution in [3.05, 3.63) is 108 Å². The van der Waals surface area contributed by atoms with Gasteiger partial charge in [-0.25, -0.2) is 0 Å². The molecule has 3 aromatic rings. The number of Topliss-reactive ketones (excluding diaryl/α,β-unsaturated/α-hetero) is 1. The summed E-state index contributed by atoms with van der Waals surface area (Å²) in [6, 6.07) is 29.8. The minimum Gasteiger partial charge on any atom is -0.360 e. The van der Waals surface area contributed by atoms with Crippen molar-refractivity contribution in [1.82, 2.24) is 0 Å². The molecule has 7 heteroatoms. The summed E-state index contributed by atoms with van der Waals surface area (Å²) in [5, 5.41) is 0. The number of carbonyl (C=O) groups is 1. The summed E-state index contributed by atoms with van der Waals surface area (Å²) < 4.78 is 22.4. The van der Waals surface area contributed by atoms with E-state index in [0.717, 1.165) is 16.7 Å². The highest BCUT2D eigenvalue weighted by atomic mass is 32.1. The summed E-state index contributed by atoms with van der Waals surface area (Å²) in [5.74, 6) is -0.178. The third-order valence-corrected chi connectivity index (χ3v) is 6.41. The molecule has 0 heterocycles. The van der Waals surface area contributed by atoms with E-state index in [9.17, 15) is 9.36 Å². The summed E-state index contributed by atoms with van der Waals surface area (Å²) in [6.45, 7) is 3.69. The smallest absolute Gasteiger partial charge is 0.360 e. The standard InChI is InChI=1S/C26H27O5PS/c1-25(2,23(27)18-24(33)31-32(28)29)19-30-26(20-12-6-3-7-13-20,21-14-8-4-9-15-21)22-16-10-5-11-17-22/h3-17,24H,18-19H2,1-2H3,(H-,28,29,33)/p+1. The molecule has 3 rings (SSSR count). The Morgan fingerprint density at radius 1 is 0.879 bits per heavy atom. The lowest BCUT2D eigenvalue weighted by Gasteiger charge is -2.38. The maximum absolute atomic E-state index is 13.0. The highest BCUT2D eigenvalue weighted by Gasteiger charge is 2.41. The molecule has 0 aliphatic heterocycles. The van der Waals surface area contributed by atoms with Crippen LogP contribution in [0.5, 0.6) is 0 Å². The van der Waals surface area contributed by atoms with E-state index in [1.54, 1.807) is 13.8 Å². The van der Waals surface area contributed by atoms with Gasteiger partial charge in [0, 0.05) is 16.4 Å². The quantitative estimate of drug-likeness (QED) is 0.154. The molecule has 1 N–H and O–H groups in total. The Labute approximate surface area is 201 Å². The Morgan fingerprint density at radius 2 is 1.27 bits per heavy atom. The molecule has 0 radical (unpaired) electrons. The van der Waals surface area contributed by atoms with Crippen LogP contribution in [0.1, 0.15) is 37.0 Å². The topological polar surface area (TPSA) is 72.8 Å². The molecule has 0 spiro atoms. The van der Waals surface area contributed by atoms with Crippen LogP contribution in [0.3, 0.4) is 0 Å². The van der Waals surface area contributed by atoms with E-state index in [2.05, 4.69) is 12.6 Å². The van der Waals surface area contributed by atoms with E-state index in [1.165, 1.54) is 0 Å². The van der Waals surface area contributed by atoms with Crippen molar-refractivity contribution < 1.29 is 23.5 Å². The summed E-state index contributed by atoms with van der Waals surface area (Å²) in [4.78, 5) is 21.9. The van der Waals surface area contributed by atoms with Crippen LogP contribution in [0.4, 0.5) is 0 Å². The molecule has 3 aromatic carbocycles. The molecular weight excluding hydrogens is 455 g/mol. The lowest BCUT2D eigenvalue weighted by atomic mass is 9.79. The summed E-state index contributed by atoms with van der Waals surface area (Å²) >= 11 is 4.11. The lowest BCUT2D eigenvalue weighted by Crippen LogP contribution is -2.39. The molecule has 33 heavy (non-hydrogen) atoms. The second-order valence-electron chi connectivity index (χ2n) is 8.38. The first-order valence-electron chi connectivity index (χ1n) is 10.6. The average molecular weight is 484 g/mol. The molecule has 0 bridgehead atoms. The molecule has 2 unspecified atom stereocenters. The number of thiol groups is 1. The third-order valence-electron chi connectivity index (χ3n) is 5.52. The van der Waals surface area contributed by atoms with Crippen LogP contribution in [0.15, 0.2) is 91.0 Å². The Bertz CT molecular complexity index is 961. The van der Waals surface area contributed by atoms with Gasteiger partial charge in [-0.3, -0.25) is 4.79 Å². The van der Waals surface area contributed by atoms with Crippen LogP contribution in [0, 0.1) is 5.41 Å². The molecule has 5 nitrogen and oxygen atoms in total. The molecule has 0 amide bonds. The van der Waals surface area contributed by atoms with Crippen LogP contribution in [0.25, 0.3) is 0 Å². The molecule has 0 aromatic heterocycles. The van der Waals surface area contributed by atoms with Crippen LogP contribution >= 0.6 is 20.9 Å². The van der Waals surface area contributed by atoms with E-state index in [1.807, 2.05) is 91.0 Å². The number of hydrogen-bond acceptors (Lipinski definition) is 5. The van der Waals surface area contributed by atoms with E-state index in [-0.39, 0.29) is 18.8 Å². The van der Waals surface area contributed by atoms with Crippen LogP contribution in [-0.2, 0) is 24.2 Å². The predicted octanol–water partition coefficient (Wildman–Crippen LogP) is 5.90. The number of rotatable bonds is 11. The SMILES string of the molecule is CC(C)(COC(c1ccccc1)(c1ccccc1)c1ccccc1)C(=O)CC(S)O[P+](=O)O. The van der Waals surface area contributed by atoms with Crippen molar-refractivity contribution in [3.8, 4) is 0 Å². The fraction of sp³-hybridized carbons (Fsp3) is 0.269. The maximum Gasteiger partial charge on any atom is 0.695 e. The Kier molecular flexibility index (Phi) is 8.57. The Balaban J connectivity index is 2.00. The fourth-order valence-electron chi connectivity index (χ4n) is 3.71. The van der Waals surface area contributed by atoms with E-state index in [4.69, 9.17) is 14.2 Å². The number of ketones is 1. The highest BCUT2D eigenvalue weighted by Crippen LogP contribution is 2.42. The zero-order chi connectivity index (χ0) is 23.9. The molecule has 0 saturated heterocycles. The van der Waals surface area contributed by atoms with E-state index < -0.39 is 24.7 Å². The third kappa shape index (κ3) is 6.17. The van der Waals surface area contributed by atoms with Crippen LogP contribution in [0.2, 0.25) is 0 Å². The van der Waals surface area contributed by atoms with Gasteiger partial charge in [-0.15, -0.1) is 22.0 Å². The molecule has 0 fully saturated rings. The van der Waals surface area contributed by atoms with Crippen molar-refractivity contribution in [2.75, 3.05) is 6.61 Å². The first-order chi connectivity index (χ1) is 15.8. The normalized spacial score (nSPS) is 13.4. The van der Waals surface area contributed by atoms with Crippen molar-refractivity contribution in [1.29, 1.82) is 0 Å². The van der Waals surface area contributed by atoms with Crippen molar-refractivity contribution in [2.45, 2.75) is 31.3 Å². The molecule has 2 atom stereocenters. The first-order valence-corrected chi connectivity index (χ1v) is 12.3. The molecular formula is C26H28O5PS+. The first kappa shape index (κ1) is 25.3. The van der Waals surface area contributed by atoms with E-state index >= 15 is 0 Å². The zero-order valence-corrected chi connectivity index (χ0v) is 20.4. The highest BCUT2D eigenvalue weighted by molar-refractivity contribution is 7.81. The maximum atomic E-state index is 13.0. The summed E-state index contributed by atoms with van der Waals surface area (Å²) in [6.07, 6.45) is -0.115. The lowest BCUT2D eigenvalue weighted by molar-refractivity contribution is -0.134. The van der Waals surface area contributed by atoms with Gasteiger partial charge in [-0.2, -0.15) is 0 Å². The van der Waals surface area contributed by atoms with Crippen LogP contribution in [-0.4, -0.2) is 22.7 Å². The molecule has 0 aliphatic carbocycles. The number of carbonyl (C=O) groups excluding carboxylic acids is 1. The van der Waals surface area contributed by atoms with Gasteiger partial charge in [0.25, 0.3) is 0 Å². The summed E-state index contributed by atoms with van der Waals surface area (Å²) in [7, 11) is -2.83. The van der Waals surface area contributed by atoms with Gasteiger partial charge in [0.1, 0.15) is 11.4 Å². The Morgan fingerprint density at radius 3 is 1.64 bits per heavy atom. The number of benzene rings is 3. The van der Waals surface area contributed by atoms with Gasteiger partial charge in [0.05, 0.1) is 6.61 Å². The van der Waals surface area contributed by atoms with Gasteiger partial charge >= 0.3 is 8.25 Å². The largest absolute Gasteiger partial charge is 0.695 e. The summed E-state index contributed by atoms with van der Waals surface area (Å²) in [5.41, 5.74) is 0.0317. The van der Waals surface area contributed by atoms with E-state index in [0.29, 0.717) is 0 Å². The van der Waals surface area contributed by atoms with Gasteiger partial charge in [0.2, 0.25) is 0 Å². The second kappa shape index (κ2) is 11.2. The molecule has 172 valence electrons. The van der Waals surface area contributed by atoms with Crippen molar-refractivity contribution in [3.63, 3.8) is 0 Å². The van der Waals surface area contributed by atoms with Crippen LogP contribution < -0.4 is 0 Å². The second-order valence-corrected chi connectivity index (χ2v) is 9.64. The molecule has 0 aliphatic rings. The number of hydrogen-bond donors (Lipinski definition) is 2. The zero-order valence-electron chi connectivity index (χ0n) is 18.6. The minimum atomic E-state index is -2.83. The fourth-order valence-corrected chi connectivity index (χ4v) is 4.40. The number of ether oxygens (including phenoxy) is 1. The van der Waals surface area contributed by atoms with Crippen molar-refractivity contribution >= 4 is 26.7 Å². The minimum absolute atomic E-state index is 0.107. The van der Waals surface area contributed by atoms with Gasteiger partial charge < -0.3 is 4.74 Å². The van der Waals surface area contributed by atoms with Gasteiger partial charge in [0.15, 0.2) is 5.44 Å². The van der Waals surface area contributed by atoms with Crippen molar-refractivity contribution in [2.24, 2.45) is 5.41 Å². The monoisotopic (exact) mass is 483 g/mol.